The fraction of sp³-hybridized carbons (Fsp3) is 0.364. The van der Waals surface area contributed by atoms with Crippen molar-refractivity contribution in [3.8, 4) is 0 Å². The van der Waals surface area contributed by atoms with Gasteiger partial charge in [-0.25, -0.2) is 4.98 Å². The number of carbonyl (C=O) groups is 1. The van der Waals surface area contributed by atoms with Crippen molar-refractivity contribution >= 4 is 60.3 Å². The molecule has 4 rings (SSSR count). The predicted octanol–water partition coefficient (Wildman–Crippen LogP) is 4.72. The summed E-state index contributed by atoms with van der Waals surface area (Å²) in [7, 11) is 0. The Morgan fingerprint density at radius 1 is 1.20 bits per heavy atom. The molecule has 5 nitrogen and oxygen atoms in total. The topological polar surface area (TPSA) is 48.5 Å². The first-order valence-corrected chi connectivity index (χ1v) is 12.8. The van der Waals surface area contributed by atoms with Crippen LogP contribution in [-0.2, 0) is 0 Å². The molecule has 158 valence electrons. The predicted molar refractivity (Wildman–Crippen MR) is 131 cm³/mol. The molecule has 1 fully saturated rings. The summed E-state index contributed by atoms with van der Waals surface area (Å²) in [5.41, 5.74) is 1.80. The molecule has 1 aliphatic rings. The Bertz CT molecular complexity index is 1020. The van der Waals surface area contributed by atoms with Crippen molar-refractivity contribution in [1.82, 2.24) is 15.2 Å². The van der Waals surface area contributed by atoms with Gasteiger partial charge >= 0.3 is 0 Å². The van der Waals surface area contributed by atoms with Gasteiger partial charge in [0.2, 0.25) is 0 Å². The molecule has 0 saturated carbocycles. The summed E-state index contributed by atoms with van der Waals surface area (Å²) < 4.78 is 2.30. The van der Waals surface area contributed by atoms with Crippen molar-refractivity contribution in [2.45, 2.75) is 11.8 Å². The van der Waals surface area contributed by atoms with Crippen molar-refractivity contribution in [3.63, 3.8) is 0 Å². The highest BCUT2D eigenvalue weighted by Gasteiger charge is 2.20. The highest BCUT2D eigenvalue weighted by atomic mass is 79.9. The van der Waals surface area contributed by atoms with E-state index in [-0.39, 0.29) is 5.91 Å². The van der Waals surface area contributed by atoms with Gasteiger partial charge in [0, 0.05) is 54.2 Å². The van der Waals surface area contributed by atoms with Gasteiger partial charge in [-0.2, -0.15) is 0 Å². The van der Waals surface area contributed by atoms with E-state index < -0.39 is 0 Å². The highest BCUT2D eigenvalue weighted by Crippen LogP contribution is 2.31. The molecule has 2 heterocycles. The number of thiazole rings is 1. The molecule has 8 heteroatoms. The Balaban J connectivity index is 1.24. The molecule has 2 aromatic carbocycles. The molecule has 0 spiro atoms. The molecule has 0 atom stereocenters. The number of fused-ring (bicyclic) bond motifs is 1. The van der Waals surface area contributed by atoms with Gasteiger partial charge in [0.25, 0.3) is 5.91 Å². The molecule has 1 saturated heterocycles. The van der Waals surface area contributed by atoms with Crippen LogP contribution >= 0.6 is 39.0 Å². The van der Waals surface area contributed by atoms with Crippen molar-refractivity contribution in [3.05, 3.63) is 52.5 Å². The lowest BCUT2D eigenvalue weighted by Gasteiger charge is -2.34. The zero-order chi connectivity index (χ0) is 20.9. The summed E-state index contributed by atoms with van der Waals surface area (Å²) in [6.45, 7) is 7.55. The van der Waals surface area contributed by atoms with Gasteiger partial charge in [-0.1, -0.05) is 40.3 Å². The van der Waals surface area contributed by atoms with Gasteiger partial charge in [-0.05, 0) is 42.2 Å². The van der Waals surface area contributed by atoms with Gasteiger partial charge in [-0.15, -0.1) is 11.8 Å². The molecule has 0 aliphatic carbocycles. The van der Waals surface area contributed by atoms with Gasteiger partial charge in [0.15, 0.2) is 5.13 Å². The highest BCUT2D eigenvalue weighted by molar-refractivity contribution is 9.10. The molecule has 1 amide bonds. The molecular formula is C22H25BrN4OS2. The van der Waals surface area contributed by atoms with Crippen molar-refractivity contribution < 1.29 is 4.79 Å². The summed E-state index contributed by atoms with van der Waals surface area (Å²) >= 11 is 7.04. The van der Waals surface area contributed by atoms with Crippen LogP contribution < -0.4 is 10.2 Å². The van der Waals surface area contributed by atoms with Gasteiger partial charge in [0.1, 0.15) is 0 Å². The second-order valence-corrected chi connectivity index (χ2v) is 10.4. The molecule has 3 aromatic rings. The van der Waals surface area contributed by atoms with E-state index in [4.69, 9.17) is 4.98 Å². The van der Waals surface area contributed by atoms with Crippen LogP contribution in [0.4, 0.5) is 5.13 Å². The number of rotatable bonds is 7. The molecule has 0 bridgehead atoms. The van der Waals surface area contributed by atoms with Crippen molar-refractivity contribution in [2.24, 2.45) is 0 Å². The van der Waals surface area contributed by atoms with E-state index in [0.717, 1.165) is 64.1 Å². The van der Waals surface area contributed by atoms with Crippen LogP contribution in [0.5, 0.6) is 0 Å². The summed E-state index contributed by atoms with van der Waals surface area (Å²) in [5, 5.41) is 4.16. The number of nitrogens with zero attached hydrogens (tertiary/aromatic N) is 3. The summed E-state index contributed by atoms with van der Waals surface area (Å²) in [6, 6.07) is 14.1. The number of benzene rings is 2. The number of amides is 1. The zero-order valence-corrected chi connectivity index (χ0v) is 20.2. The first-order valence-electron chi connectivity index (χ1n) is 10.2. The number of piperazine rings is 1. The lowest BCUT2D eigenvalue weighted by Crippen LogP contribution is -2.48. The number of carbonyl (C=O) groups excluding carboxylic acids is 1. The average molecular weight is 506 g/mol. The molecule has 1 aliphatic heterocycles. The van der Waals surface area contributed by atoms with E-state index in [1.54, 1.807) is 23.1 Å². The number of halogens is 1. The fourth-order valence-electron chi connectivity index (χ4n) is 3.51. The molecule has 0 radical (unpaired) electrons. The smallest absolute Gasteiger partial charge is 0.251 e. The van der Waals surface area contributed by atoms with Crippen LogP contribution in [0.25, 0.3) is 10.2 Å². The standard InChI is InChI=1S/C22H25BrN4OS2/c1-2-29-18-5-3-4-16(14-18)21(28)24-8-9-26-10-12-27(13-11-26)22-25-19-7-6-17(23)15-20(19)30-22/h3-7,14-15H,2,8-13H2,1H3,(H,24,28). The third kappa shape index (κ3) is 5.35. The Morgan fingerprint density at radius 3 is 2.83 bits per heavy atom. The molecule has 1 N–H and O–H groups in total. The normalized spacial score (nSPS) is 14.9. The van der Waals surface area contributed by atoms with Crippen molar-refractivity contribution in [2.75, 3.05) is 49.9 Å². The maximum atomic E-state index is 12.4. The average Bonchev–Trinajstić information content (AvgIpc) is 3.18. The molecular weight excluding hydrogens is 480 g/mol. The van der Waals surface area contributed by atoms with Crippen molar-refractivity contribution in [1.29, 1.82) is 0 Å². The number of hydrogen-bond acceptors (Lipinski definition) is 6. The first kappa shape index (κ1) is 21.6. The van der Waals surface area contributed by atoms with Crippen LogP contribution in [0.2, 0.25) is 0 Å². The Morgan fingerprint density at radius 2 is 2.03 bits per heavy atom. The first-order chi connectivity index (χ1) is 14.6. The Kier molecular flexibility index (Phi) is 7.30. The maximum absolute atomic E-state index is 12.4. The number of anilines is 1. The van der Waals surface area contributed by atoms with E-state index >= 15 is 0 Å². The van der Waals surface area contributed by atoms with Crippen LogP contribution in [0.15, 0.2) is 51.8 Å². The monoisotopic (exact) mass is 504 g/mol. The molecule has 1 aromatic heterocycles. The lowest BCUT2D eigenvalue weighted by molar-refractivity contribution is 0.0947. The zero-order valence-electron chi connectivity index (χ0n) is 16.9. The second-order valence-electron chi connectivity index (χ2n) is 7.15. The second kappa shape index (κ2) is 10.1. The van der Waals surface area contributed by atoms with E-state index in [1.807, 2.05) is 24.3 Å². The van der Waals surface area contributed by atoms with Gasteiger partial charge < -0.3 is 10.2 Å². The Hall–Kier alpha value is -1.61. The molecule has 0 unspecified atom stereocenters. The third-order valence-electron chi connectivity index (χ3n) is 5.10. The number of hydrogen-bond donors (Lipinski definition) is 1. The SMILES string of the molecule is CCSc1cccc(C(=O)NCCN2CCN(c3nc4ccc(Br)cc4s3)CC2)c1. The van der Waals surface area contributed by atoms with Gasteiger partial charge in [0.05, 0.1) is 10.2 Å². The van der Waals surface area contributed by atoms with Crippen LogP contribution in [0.3, 0.4) is 0 Å². The largest absolute Gasteiger partial charge is 0.351 e. The van der Waals surface area contributed by atoms with Crippen LogP contribution in [-0.4, -0.2) is 60.8 Å². The van der Waals surface area contributed by atoms with E-state index in [0.29, 0.717) is 6.54 Å². The summed E-state index contributed by atoms with van der Waals surface area (Å²) in [6.07, 6.45) is 0. The number of nitrogens with one attached hydrogen (secondary N) is 1. The Labute approximate surface area is 194 Å². The number of aromatic nitrogens is 1. The quantitative estimate of drug-likeness (QED) is 0.471. The van der Waals surface area contributed by atoms with E-state index in [9.17, 15) is 4.79 Å². The minimum Gasteiger partial charge on any atom is -0.351 e. The summed E-state index contributed by atoms with van der Waals surface area (Å²) in [5.74, 6) is 1.01. The van der Waals surface area contributed by atoms with Crippen LogP contribution in [0, 0.1) is 0 Å². The lowest BCUT2D eigenvalue weighted by atomic mass is 10.2. The minimum atomic E-state index is 0.00725. The maximum Gasteiger partial charge on any atom is 0.251 e. The molecule has 30 heavy (non-hydrogen) atoms. The number of thioether (sulfide) groups is 1. The van der Waals surface area contributed by atoms with Gasteiger partial charge in [-0.3, -0.25) is 9.69 Å². The minimum absolute atomic E-state index is 0.00725. The van der Waals surface area contributed by atoms with E-state index in [1.165, 1.54) is 4.70 Å². The van der Waals surface area contributed by atoms with E-state index in [2.05, 4.69) is 56.2 Å². The fourth-order valence-corrected chi connectivity index (χ4v) is 5.80. The van der Waals surface area contributed by atoms with Crippen LogP contribution in [0.1, 0.15) is 17.3 Å². The third-order valence-corrected chi connectivity index (χ3v) is 7.55. The summed E-state index contributed by atoms with van der Waals surface area (Å²) in [4.78, 5) is 23.1.